The summed E-state index contributed by atoms with van der Waals surface area (Å²) in [5.74, 6) is 1.07. The van der Waals surface area contributed by atoms with Crippen molar-refractivity contribution in [2.45, 2.75) is 45.2 Å². The summed E-state index contributed by atoms with van der Waals surface area (Å²) in [5.41, 5.74) is 0.265. The number of rotatable bonds is 8. The summed E-state index contributed by atoms with van der Waals surface area (Å²) in [4.78, 5) is 0. The first kappa shape index (κ1) is 15.5. The SMILES string of the molecule is CCCNCc1ccc(S(=O)(=O)NCC2CC2(C)C)o1. The van der Waals surface area contributed by atoms with Crippen LogP contribution < -0.4 is 10.0 Å². The van der Waals surface area contributed by atoms with Gasteiger partial charge in [-0.05, 0) is 42.9 Å². The number of furan rings is 1. The van der Waals surface area contributed by atoms with Crippen molar-refractivity contribution in [1.82, 2.24) is 10.0 Å². The molecule has 0 bridgehead atoms. The maximum atomic E-state index is 12.1. The Balaban J connectivity index is 1.89. The largest absolute Gasteiger partial charge is 0.447 e. The Morgan fingerprint density at radius 2 is 2.10 bits per heavy atom. The molecule has 0 radical (unpaired) electrons. The van der Waals surface area contributed by atoms with E-state index >= 15 is 0 Å². The summed E-state index contributed by atoms with van der Waals surface area (Å²) in [7, 11) is -3.52. The Labute approximate surface area is 121 Å². The lowest BCUT2D eigenvalue weighted by molar-refractivity contribution is 0.399. The van der Waals surface area contributed by atoms with E-state index in [4.69, 9.17) is 4.42 Å². The van der Waals surface area contributed by atoms with Gasteiger partial charge in [-0.15, -0.1) is 0 Å². The van der Waals surface area contributed by atoms with Crippen LogP contribution in [0.5, 0.6) is 0 Å². The summed E-state index contributed by atoms with van der Waals surface area (Å²) in [6.07, 6.45) is 2.10. The molecular weight excluding hydrogens is 276 g/mol. The van der Waals surface area contributed by atoms with Crippen LogP contribution in [0.4, 0.5) is 0 Å². The summed E-state index contributed by atoms with van der Waals surface area (Å²) < 4.78 is 32.2. The van der Waals surface area contributed by atoms with Crippen LogP contribution in [0.2, 0.25) is 0 Å². The molecule has 20 heavy (non-hydrogen) atoms. The number of sulfonamides is 1. The molecule has 1 atom stereocenters. The highest BCUT2D eigenvalue weighted by molar-refractivity contribution is 7.89. The van der Waals surface area contributed by atoms with Gasteiger partial charge in [0.2, 0.25) is 5.09 Å². The third kappa shape index (κ3) is 3.84. The molecule has 1 aliphatic carbocycles. The van der Waals surface area contributed by atoms with Gasteiger partial charge in [0, 0.05) is 6.54 Å². The molecule has 114 valence electrons. The van der Waals surface area contributed by atoms with Gasteiger partial charge in [-0.25, -0.2) is 13.1 Å². The molecule has 5 nitrogen and oxygen atoms in total. The molecule has 0 spiro atoms. The van der Waals surface area contributed by atoms with Crippen LogP contribution >= 0.6 is 0 Å². The summed E-state index contributed by atoms with van der Waals surface area (Å²) in [6.45, 7) is 8.30. The van der Waals surface area contributed by atoms with E-state index in [2.05, 4.69) is 30.8 Å². The Kier molecular flexibility index (Phi) is 4.56. The van der Waals surface area contributed by atoms with E-state index in [0.29, 0.717) is 24.8 Å². The predicted octanol–water partition coefficient (Wildman–Crippen LogP) is 2.10. The van der Waals surface area contributed by atoms with Crippen molar-refractivity contribution in [3.63, 3.8) is 0 Å². The van der Waals surface area contributed by atoms with Crippen LogP contribution in [0.15, 0.2) is 21.6 Å². The summed E-state index contributed by atoms with van der Waals surface area (Å²) in [6, 6.07) is 3.22. The standard InChI is InChI=1S/C14H24N2O3S/c1-4-7-15-10-12-5-6-13(19-12)20(17,18)16-9-11-8-14(11,2)3/h5-6,11,15-16H,4,7-10H2,1-3H3. The number of hydrogen-bond donors (Lipinski definition) is 2. The molecule has 1 aromatic rings. The van der Waals surface area contributed by atoms with Crippen LogP contribution in [0, 0.1) is 11.3 Å². The highest BCUT2D eigenvalue weighted by atomic mass is 32.2. The van der Waals surface area contributed by atoms with Crippen LogP contribution in [0.3, 0.4) is 0 Å². The van der Waals surface area contributed by atoms with E-state index in [1.54, 1.807) is 6.07 Å². The van der Waals surface area contributed by atoms with Crippen molar-refractivity contribution in [2.24, 2.45) is 11.3 Å². The zero-order valence-corrected chi connectivity index (χ0v) is 13.2. The first-order valence-corrected chi connectivity index (χ1v) is 8.62. The van der Waals surface area contributed by atoms with Gasteiger partial charge in [0.25, 0.3) is 10.0 Å². The predicted molar refractivity (Wildman–Crippen MR) is 77.8 cm³/mol. The quantitative estimate of drug-likeness (QED) is 0.721. The monoisotopic (exact) mass is 300 g/mol. The Morgan fingerprint density at radius 1 is 1.40 bits per heavy atom. The maximum Gasteiger partial charge on any atom is 0.273 e. The van der Waals surface area contributed by atoms with Gasteiger partial charge in [-0.3, -0.25) is 0 Å². The fourth-order valence-electron chi connectivity index (χ4n) is 2.19. The van der Waals surface area contributed by atoms with Crippen molar-refractivity contribution in [2.75, 3.05) is 13.1 Å². The second-order valence-electron chi connectivity index (χ2n) is 6.14. The van der Waals surface area contributed by atoms with Gasteiger partial charge >= 0.3 is 0 Å². The summed E-state index contributed by atoms with van der Waals surface area (Å²) in [5, 5.41) is 3.18. The second-order valence-corrected chi connectivity index (χ2v) is 7.84. The molecule has 6 heteroatoms. The zero-order chi connectivity index (χ0) is 14.8. The van der Waals surface area contributed by atoms with Crippen LogP contribution in [0.1, 0.15) is 39.4 Å². The molecule has 1 aromatic heterocycles. The van der Waals surface area contributed by atoms with Crippen molar-refractivity contribution < 1.29 is 12.8 Å². The van der Waals surface area contributed by atoms with Gasteiger partial charge in [0.05, 0.1) is 6.54 Å². The number of nitrogens with one attached hydrogen (secondary N) is 2. The van der Waals surface area contributed by atoms with Crippen molar-refractivity contribution in [3.05, 3.63) is 17.9 Å². The van der Waals surface area contributed by atoms with Gasteiger partial charge < -0.3 is 9.73 Å². The summed E-state index contributed by atoms with van der Waals surface area (Å²) >= 11 is 0. The minimum absolute atomic E-state index is 0.00394. The van der Waals surface area contributed by atoms with E-state index in [0.717, 1.165) is 19.4 Å². The molecule has 2 rings (SSSR count). The molecular formula is C14H24N2O3S. The average Bonchev–Trinajstić information content (AvgIpc) is 2.77. The molecule has 2 N–H and O–H groups in total. The smallest absolute Gasteiger partial charge is 0.273 e. The third-order valence-electron chi connectivity index (χ3n) is 3.87. The van der Waals surface area contributed by atoms with Gasteiger partial charge in [0.1, 0.15) is 5.76 Å². The minimum Gasteiger partial charge on any atom is -0.447 e. The molecule has 1 aliphatic rings. The van der Waals surface area contributed by atoms with Crippen LogP contribution in [-0.4, -0.2) is 21.5 Å². The molecule has 1 saturated carbocycles. The Morgan fingerprint density at radius 3 is 2.70 bits per heavy atom. The Hall–Kier alpha value is -0.850. The van der Waals surface area contributed by atoms with Crippen LogP contribution in [-0.2, 0) is 16.6 Å². The first-order chi connectivity index (χ1) is 9.35. The molecule has 0 aliphatic heterocycles. The average molecular weight is 300 g/mol. The zero-order valence-electron chi connectivity index (χ0n) is 12.4. The van der Waals surface area contributed by atoms with Gasteiger partial charge in [0.15, 0.2) is 0 Å². The normalized spacial score (nSPS) is 21.1. The van der Waals surface area contributed by atoms with Gasteiger partial charge in [-0.1, -0.05) is 20.8 Å². The van der Waals surface area contributed by atoms with Crippen molar-refractivity contribution in [1.29, 1.82) is 0 Å². The second kappa shape index (κ2) is 5.87. The lowest BCUT2D eigenvalue weighted by atomic mass is 10.1. The molecule has 0 saturated heterocycles. The molecule has 1 unspecified atom stereocenters. The highest BCUT2D eigenvalue weighted by Gasteiger charge is 2.45. The van der Waals surface area contributed by atoms with E-state index in [-0.39, 0.29) is 10.5 Å². The lowest BCUT2D eigenvalue weighted by Gasteiger charge is -2.05. The fourth-order valence-corrected chi connectivity index (χ4v) is 3.22. The van der Waals surface area contributed by atoms with Crippen molar-refractivity contribution in [3.8, 4) is 0 Å². The van der Waals surface area contributed by atoms with Crippen molar-refractivity contribution >= 4 is 10.0 Å². The molecule has 0 aromatic carbocycles. The fraction of sp³-hybridized carbons (Fsp3) is 0.714. The third-order valence-corrected chi connectivity index (χ3v) is 5.16. The Bertz CT molecular complexity index is 549. The van der Waals surface area contributed by atoms with E-state index in [1.807, 2.05) is 0 Å². The molecule has 0 amide bonds. The van der Waals surface area contributed by atoms with Crippen LogP contribution in [0.25, 0.3) is 0 Å². The molecule has 1 fully saturated rings. The first-order valence-electron chi connectivity index (χ1n) is 7.14. The molecule has 1 heterocycles. The maximum absolute atomic E-state index is 12.1. The van der Waals surface area contributed by atoms with Gasteiger partial charge in [-0.2, -0.15) is 0 Å². The number of hydrogen-bond acceptors (Lipinski definition) is 4. The van der Waals surface area contributed by atoms with E-state index < -0.39 is 10.0 Å². The lowest BCUT2D eigenvalue weighted by Crippen LogP contribution is -2.26. The van der Waals surface area contributed by atoms with E-state index in [9.17, 15) is 8.42 Å². The topological polar surface area (TPSA) is 71.3 Å². The highest BCUT2D eigenvalue weighted by Crippen LogP contribution is 2.51. The van der Waals surface area contributed by atoms with E-state index in [1.165, 1.54) is 6.07 Å². The minimum atomic E-state index is -3.52.